The Hall–Kier alpha value is -0.353. The monoisotopic (exact) mass is 146 g/mol. The van der Waals surface area contributed by atoms with Crippen molar-refractivity contribution < 1.29 is 14.6 Å². The molecule has 0 radical (unpaired) electrons. The zero-order valence-corrected chi connectivity index (χ0v) is 7.33. The zero-order valence-electron chi connectivity index (χ0n) is 5.33. The summed E-state index contributed by atoms with van der Waals surface area (Å²) in [6, 6.07) is 0. The van der Waals surface area contributed by atoms with Crippen LogP contribution in [0.1, 0.15) is 6.42 Å². The van der Waals surface area contributed by atoms with Gasteiger partial charge in [-0.2, -0.15) is 0 Å². The van der Waals surface area contributed by atoms with Gasteiger partial charge in [0.05, 0.1) is 13.0 Å². The first-order valence-electron chi connectivity index (χ1n) is 3.04. The SMILES string of the molecule is O=C1CC(C(O)[SiH3])CO1. The number of aliphatic hydroxyl groups is 1. The minimum Gasteiger partial charge on any atom is -0.465 e. The lowest BCUT2D eigenvalue weighted by Crippen LogP contribution is -2.20. The summed E-state index contributed by atoms with van der Waals surface area (Å²) in [6.45, 7) is 0.420. The van der Waals surface area contributed by atoms with E-state index in [0.717, 1.165) is 10.2 Å². The Kier molecular flexibility index (Phi) is 1.87. The second-order valence-electron chi connectivity index (χ2n) is 2.39. The van der Waals surface area contributed by atoms with Crippen LogP contribution in [-0.2, 0) is 9.53 Å². The quantitative estimate of drug-likeness (QED) is 0.352. The molecule has 0 amide bonds. The van der Waals surface area contributed by atoms with Gasteiger partial charge in [-0.15, -0.1) is 0 Å². The van der Waals surface area contributed by atoms with Crippen molar-refractivity contribution in [3.8, 4) is 0 Å². The van der Waals surface area contributed by atoms with Crippen LogP contribution >= 0.6 is 0 Å². The summed E-state index contributed by atoms with van der Waals surface area (Å²) in [4.78, 5) is 10.4. The van der Waals surface area contributed by atoms with Gasteiger partial charge in [0.15, 0.2) is 0 Å². The maximum atomic E-state index is 10.4. The lowest BCUT2D eigenvalue weighted by Gasteiger charge is -2.07. The molecule has 1 rings (SSSR count). The standard InChI is InChI=1S/C5H10O3Si/c6-4-1-3(2-8-4)5(7)9/h3,5,7H,1-2H2,9H3. The number of hydrogen-bond acceptors (Lipinski definition) is 3. The highest BCUT2D eigenvalue weighted by atomic mass is 28.1. The van der Waals surface area contributed by atoms with Crippen LogP contribution in [0.4, 0.5) is 0 Å². The van der Waals surface area contributed by atoms with Gasteiger partial charge in [0.2, 0.25) is 0 Å². The van der Waals surface area contributed by atoms with Gasteiger partial charge in [0.1, 0.15) is 0 Å². The van der Waals surface area contributed by atoms with Gasteiger partial charge in [-0.1, -0.05) is 0 Å². The van der Waals surface area contributed by atoms with Gasteiger partial charge >= 0.3 is 5.97 Å². The highest BCUT2D eigenvalue weighted by Gasteiger charge is 2.26. The van der Waals surface area contributed by atoms with Crippen molar-refractivity contribution in [1.82, 2.24) is 0 Å². The summed E-state index contributed by atoms with van der Waals surface area (Å²) in [7, 11) is 0.726. The van der Waals surface area contributed by atoms with Crippen LogP contribution in [0.5, 0.6) is 0 Å². The molecule has 52 valence electrons. The van der Waals surface area contributed by atoms with E-state index in [1.165, 1.54) is 0 Å². The molecule has 0 aromatic carbocycles. The van der Waals surface area contributed by atoms with E-state index >= 15 is 0 Å². The molecule has 1 fully saturated rings. The van der Waals surface area contributed by atoms with E-state index in [1.807, 2.05) is 0 Å². The topological polar surface area (TPSA) is 46.5 Å². The van der Waals surface area contributed by atoms with Crippen LogP contribution in [0.25, 0.3) is 0 Å². The predicted octanol–water partition coefficient (Wildman–Crippen LogP) is -1.77. The summed E-state index contributed by atoms with van der Waals surface area (Å²) in [5.74, 6) is -0.0842. The Balaban J connectivity index is 2.39. The van der Waals surface area contributed by atoms with Crippen LogP contribution in [0.15, 0.2) is 0 Å². The first kappa shape index (κ1) is 6.76. The van der Waals surface area contributed by atoms with Crippen molar-refractivity contribution in [2.45, 2.75) is 12.1 Å². The lowest BCUT2D eigenvalue weighted by atomic mass is 10.1. The molecule has 1 N–H and O–H groups in total. The van der Waals surface area contributed by atoms with Crippen LogP contribution in [0.2, 0.25) is 0 Å². The average Bonchev–Trinajstić information content (AvgIpc) is 2.14. The van der Waals surface area contributed by atoms with E-state index in [-0.39, 0.29) is 17.6 Å². The van der Waals surface area contributed by atoms with Gasteiger partial charge in [-0.25, -0.2) is 0 Å². The van der Waals surface area contributed by atoms with Crippen molar-refractivity contribution in [3.05, 3.63) is 0 Å². The minimum atomic E-state index is -0.281. The van der Waals surface area contributed by atoms with E-state index in [2.05, 4.69) is 4.74 Å². The number of rotatable bonds is 1. The third-order valence-electron chi connectivity index (χ3n) is 1.57. The molecule has 2 unspecified atom stereocenters. The van der Waals surface area contributed by atoms with Gasteiger partial charge in [0, 0.05) is 21.9 Å². The number of aliphatic hydroxyl groups excluding tert-OH is 1. The zero-order chi connectivity index (χ0) is 6.85. The Morgan fingerprint density at radius 3 is 2.78 bits per heavy atom. The van der Waals surface area contributed by atoms with Gasteiger partial charge in [-0.05, 0) is 0 Å². The van der Waals surface area contributed by atoms with E-state index in [4.69, 9.17) is 5.11 Å². The molecular weight excluding hydrogens is 136 g/mol. The van der Waals surface area contributed by atoms with E-state index in [0.29, 0.717) is 13.0 Å². The molecule has 0 spiro atoms. The molecule has 2 atom stereocenters. The molecule has 0 bridgehead atoms. The molecule has 0 aromatic heterocycles. The highest BCUT2D eigenvalue weighted by molar-refractivity contribution is 6.11. The van der Waals surface area contributed by atoms with Crippen LogP contribution in [-0.4, -0.2) is 33.7 Å². The van der Waals surface area contributed by atoms with Crippen LogP contribution in [0, 0.1) is 5.92 Å². The Morgan fingerprint density at radius 2 is 2.56 bits per heavy atom. The van der Waals surface area contributed by atoms with E-state index in [1.54, 1.807) is 0 Å². The summed E-state index contributed by atoms with van der Waals surface area (Å²) in [5, 5.41) is 9.00. The van der Waals surface area contributed by atoms with Crippen molar-refractivity contribution >= 4 is 16.2 Å². The van der Waals surface area contributed by atoms with Crippen molar-refractivity contribution in [2.75, 3.05) is 6.61 Å². The number of carbonyl (C=O) groups excluding carboxylic acids is 1. The number of ether oxygens (including phenoxy) is 1. The van der Waals surface area contributed by atoms with Gasteiger partial charge in [0.25, 0.3) is 0 Å². The average molecular weight is 146 g/mol. The third kappa shape index (κ3) is 1.52. The maximum Gasteiger partial charge on any atom is 0.306 e. The number of carbonyl (C=O) groups is 1. The lowest BCUT2D eigenvalue weighted by molar-refractivity contribution is -0.137. The maximum absolute atomic E-state index is 10.4. The second kappa shape index (κ2) is 2.49. The molecule has 0 aromatic rings. The van der Waals surface area contributed by atoms with Crippen LogP contribution < -0.4 is 0 Å². The minimum absolute atomic E-state index is 0.0872. The first-order valence-corrected chi connectivity index (χ1v) is 4.19. The molecule has 0 aliphatic carbocycles. The highest BCUT2D eigenvalue weighted by Crippen LogP contribution is 2.15. The molecular formula is C5H10O3Si. The Bertz CT molecular complexity index is 123. The molecule has 4 heteroatoms. The largest absolute Gasteiger partial charge is 0.465 e. The third-order valence-corrected chi connectivity index (χ3v) is 2.51. The summed E-state index contributed by atoms with van der Waals surface area (Å²) >= 11 is 0. The fourth-order valence-corrected chi connectivity index (χ4v) is 1.27. The smallest absolute Gasteiger partial charge is 0.306 e. The number of cyclic esters (lactones) is 1. The molecule has 1 heterocycles. The summed E-state index contributed by atoms with van der Waals surface area (Å²) < 4.78 is 4.65. The van der Waals surface area contributed by atoms with Gasteiger partial charge in [-0.3, -0.25) is 4.79 Å². The molecule has 0 saturated carbocycles. The second-order valence-corrected chi connectivity index (χ2v) is 3.57. The fraction of sp³-hybridized carbons (Fsp3) is 0.800. The van der Waals surface area contributed by atoms with Gasteiger partial charge < -0.3 is 9.84 Å². The number of esters is 1. The van der Waals surface area contributed by atoms with Crippen molar-refractivity contribution in [1.29, 1.82) is 0 Å². The predicted molar refractivity (Wildman–Crippen MR) is 35.0 cm³/mol. The molecule has 3 nitrogen and oxygen atoms in total. The summed E-state index contributed by atoms with van der Waals surface area (Å²) in [5.41, 5.74) is -0.281. The number of hydrogen-bond donors (Lipinski definition) is 1. The van der Waals surface area contributed by atoms with Crippen molar-refractivity contribution in [3.63, 3.8) is 0 Å². The van der Waals surface area contributed by atoms with Crippen LogP contribution in [0.3, 0.4) is 0 Å². The van der Waals surface area contributed by atoms with E-state index in [9.17, 15) is 4.79 Å². The molecule has 1 saturated heterocycles. The fourth-order valence-electron chi connectivity index (χ4n) is 0.842. The van der Waals surface area contributed by atoms with E-state index < -0.39 is 0 Å². The van der Waals surface area contributed by atoms with Crippen molar-refractivity contribution in [2.24, 2.45) is 5.92 Å². The molecule has 1 aliphatic rings. The molecule has 9 heavy (non-hydrogen) atoms. The Labute approximate surface area is 56.4 Å². The Morgan fingerprint density at radius 1 is 1.89 bits per heavy atom. The summed E-state index contributed by atoms with van der Waals surface area (Å²) in [6.07, 6.45) is 0.407. The first-order chi connectivity index (χ1) is 4.20. The normalized spacial score (nSPS) is 30.3. The molecule has 1 aliphatic heterocycles.